The SMILES string of the molecule is COC(=O)N(C(=O)Cc1ccccc1)C(N)=Nc1cc(Sc2ccccc2)ccc1NC(C)=O. The molecule has 0 aliphatic heterocycles. The van der Waals surface area contributed by atoms with Crippen molar-refractivity contribution in [3.63, 3.8) is 0 Å². The summed E-state index contributed by atoms with van der Waals surface area (Å²) in [7, 11) is 1.15. The number of guanidine groups is 1. The molecule has 0 heterocycles. The molecule has 9 heteroatoms. The Morgan fingerprint density at radius 3 is 2.24 bits per heavy atom. The largest absolute Gasteiger partial charge is 0.452 e. The molecular weight excluding hydrogens is 452 g/mol. The summed E-state index contributed by atoms with van der Waals surface area (Å²) < 4.78 is 4.76. The Morgan fingerprint density at radius 2 is 1.62 bits per heavy atom. The van der Waals surface area contributed by atoms with Gasteiger partial charge in [-0.25, -0.2) is 9.79 Å². The molecule has 3 rings (SSSR count). The second-order valence-electron chi connectivity index (χ2n) is 7.11. The van der Waals surface area contributed by atoms with Crippen molar-refractivity contribution < 1.29 is 19.1 Å². The molecule has 0 atom stereocenters. The Labute approximate surface area is 201 Å². The van der Waals surface area contributed by atoms with E-state index in [0.29, 0.717) is 16.2 Å². The summed E-state index contributed by atoms with van der Waals surface area (Å²) in [5.41, 5.74) is 7.49. The van der Waals surface area contributed by atoms with E-state index in [0.717, 1.165) is 16.9 Å². The summed E-state index contributed by atoms with van der Waals surface area (Å²) in [4.78, 5) is 43.8. The second-order valence-corrected chi connectivity index (χ2v) is 8.25. The average molecular weight is 477 g/mol. The zero-order valence-electron chi connectivity index (χ0n) is 18.7. The minimum absolute atomic E-state index is 0.0748. The number of methoxy groups -OCH3 is 1. The van der Waals surface area contributed by atoms with Crippen molar-refractivity contribution in [1.29, 1.82) is 0 Å². The van der Waals surface area contributed by atoms with Crippen LogP contribution in [0.3, 0.4) is 0 Å². The fraction of sp³-hybridized carbons (Fsp3) is 0.120. The van der Waals surface area contributed by atoms with E-state index in [2.05, 4.69) is 10.3 Å². The number of hydrogen-bond donors (Lipinski definition) is 2. The lowest BCUT2D eigenvalue weighted by molar-refractivity contribution is -0.125. The van der Waals surface area contributed by atoms with Gasteiger partial charge in [0, 0.05) is 16.7 Å². The lowest BCUT2D eigenvalue weighted by atomic mass is 10.1. The number of nitrogens with zero attached hydrogens (tertiary/aromatic N) is 2. The Hall–Kier alpha value is -4.11. The van der Waals surface area contributed by atoms with Crippen molar-refractivity contribution in [2.24, 2.45) is 10.7 Å². The van der Waals surface area contributed by atoms with Crippen molar-refractivity contribution in [3.8, 4) is 0 Å². The number of anilines is 1. The number of aliphatic imine (C=N–C) groups is 1. The summed E-state index contributed by atoms with van der Waals surface area (Å²) in [6, 6.07) is 23.9. The van der Waals surface area contributed by atoms with E-state index in [-0.39, 0.29) is 24.0 Å². The van der Waals surface area contributed by atoms with Gasteiger partial charge in [-0.2, -0.15) is 4.90 Å². The number of rotatable bonds is 6. The van der Waals surface area contributed by atoms with Crippen LogP contribution in [-0.2, 0) is 20.7 Å². The Balaban J connectivity index is 1.96. The first-order valence-corrected chi connectivity index (χ1v) is 11.1. The highest BCUT2D eigenvalue weighted by molar-refractivity contribution is 7.99. The Bertz CT molecular complexity index is 1200. The highest BCUT2D eigenvalue weighted by Gasteiger charge is 2.26. The first kappa shape index (κ1) is 24.5. The Morgan fingerprint density at radius 1 is 0.971 bits per heavy atom. The van der Waals surface area contributed by atoms with Gasteiger partial charge in [0.2, 0.25) is 17.8 Å². The number of carbonyl (C=O) groups excluding carboxylic acids is 3. The number of carbonyl (C=O) groups is 3. The molecule has 0 fully saturated rings. The maximum absolute atomic E-state index is 12.9. The Kier molecular flexibility index (Phi) is 8.42. The van der Waals surface area contributed by atoms with Gasteiger partial charge in [0.25, 0.3) is 0 Å². The molecule has 0 aliphatic rings. The molecule has 8 nitrogen and oxygen atoms in total. The van der Waals surface area contributed by atoms with Crippen LogP contribution >= 0.6 is 11.8 Å². The number of imide groups is 1. The minimum Gasteiger partial charge on any atom is -0.452 e. The van der Waals surface area contributed by atoms with Crippen LogP contribution in [0.5, 0.6) is 0 Å². The van der Waals surface area contributed by atoms with Crippen LogP contribution in [0.25, 0.3) is 0 Å². The van der Waals surface area contributed by atoms with E-state index in [4.69, 9.17) is 10.5 Å². The number of benzene rings is 3. The summed E-state index contributed by atoms with van der Waals surface area (Å²) in [6.45, 7) is 1.37. The van der Waals surface area contributed by atoms with Crippen molar-refractivity contribution in [3.05, 3.63) is 84.4 Å². The third-order valence-electron chi connectivity index (χ3n) is 4.53. The smallest absolute Gasteiger partial charge is 0.423 e. The molecule has 0 saturated carbocycles. The standard InChI is InChI=1S/C25H24N4O4S/c1-17(30)27-21-14-13-20(34-19-11-7-4-8-12-19)16-22(21)28-24(26)29(25(32)33-2)23(31)15-18-9-5-3-6-10-18/h3-14,16H,15H2,1-2H3,(H2,26,28)(H,27,30). The topological polar surface area (TPSA) is 114 Å². The lowest BCUT2D eigenvalue weighted by Gasteiger charge is -2.19. The maximum Gasteiger partial charge on any atom is 0.423 e. The normalized spacial score (nSPS) is 10.9. The molecule has 34 heavy (non-hydrogen) atoms. The first-order valence-electron chi connectivity index (χ1n) is 10.3. The van der Waals surface area contributed by atoms with Gasteiger partial charge < -0.3 is 15.8 Å². The van der Waals surface area contributed by atoms with Crippen LogP contribution in [0.2, 0.25) is 0 Å². The number of amides is 3. The third kappa shape index (κ3) is 6.69. The van der Waals surface area contributed by atoms with Crippen LogP contribution < -0.4 is 11.1 Å². The van der Waals surface area contributed by atoms with E-state index in [1.165, 1.54) is 18.7 Å². The van der Waals surface area contributed by atoms with Crippen molar-refractivity contribution >= 4 is 47.0 Å². The van der Waals surface area contributed by atoms with Gasteiger partial charge in [-0.05, 0) is 35.9 Å². The summed E-state index contributed by atoms with van der Waals surface area (Å²) in [5, 5.41) is 2.69. The van der Waals surface area contributed by atoms with Gasteiger partial charge in [0.05, 0.1) is 24.9 Å². The van der Waals surface area contributed by atoms with Crippen LogP contribution in [0.15, 0.2) is 93.6 Å². The zero-order chi connectivity index (χ0) is 24.5. The number of hydrogen-bond acceptors (Lipinski definition) is 6. The minimum atomic E-state index is -0.960. The van der Waals surface area contributed by atoms with Crippen LogP contribution in [0.4, 0.5) is 16.2 Å². The van der Waals surface area contributed by atoms with E-state index in [1.807, 2.05) is 42.5 Å². The van der Waals surface area contributed by atoms with Crippen LogP contribution in [0, 0.1) is 0 Å². The van der Waals surface area contributed by atoms with Crippen LogP contribution in [-0.4, -0.2) is 35.9 Å². The number of ether oxygens (including phenoxy) is 1. The molecule has 0 radical (unpaired) electrons. The van der Waals surface area contributed by atoms with E-state index >= 15 is 0 Å². The monoisotopic (exact) mass is 476 g/mol. The van der Waals surface area contributed by atoms with E-state index in [9.17, 15) is 14.4 Å². The molecule has 3 N–H and O–H groups in total. The quantitative estimate of drug-likeness (QED) is 0.398. The molecule has 0 bridgehead atoms. The van der Waals surface area contributed by atoms with Gasteiger partial charge in [-0.3, -0.25) is 9.59 Å². The lowest BCUT2D eigenvalue weighted by Crippen LogP contribution is -2.46. The number of nitrogens with two attached hydrogens (primary N) is 1. The van der Waals surface area contributed by atoms with Crippen molar-refractivity contribution in [2.75, 3.05) is 12.4 Å². The van der Waals surface area contributed by atoms with Gasteiger partial charge in [-0.15, -0.1) is 0 Å². The van der Waals surface area contributed by atoms with Gasteiger partial charge >= 0.3 is 6.09 Å². The van der Waals surface area contributed by atoms with E-state index < -0.39 is 12.0 Å². The zero-order valence-corrected chi connectivity index (χ0v) is 19.5. The van der Waals surface area contributed by atoms with Crippen molar-refractivity contribution in [1.82, 2.24) is 4.90 Å². The molecule has 3 aromatic rings. The predicted octanol–water partition coefficient (Wildman–Crippen LogP) is 4.58. The molecule has 0 aliphatic carbocycles. The fourth-order valence-corrected chi connectivity index (χ4v) is 3.90. The molecule has 3 aromatic carbocycles. The van der Waals surface area contributed by atoms with Gasteiger partial charge in [-0.1, -0.05) is 60.3 Å². The number of nitrogens with one attached hydrogen (secondary N) is 1. The third-order valence-corrected chi connectivity index (χ3v) is 5.53. The summed E-state index contributed by atoms with van der Waals surface area (Å²) in [6.07, 6.45) is -1.03. The highest BCUT2D eigenvalue weighted by Crippen LogP contribution is 2.34. The van der Waals surface area contributed by atoms with Gasteiger partial charge in [0.1, 0.15) is 0 Å². The average Bonchev–Trinajstić information content (AvgIpc) is 2.81. The van der Waals surface area contributed by atoms with Crippen molar-refractivity contribution in [2.45, 2.75) is 23.1 Å². The molecule has 174 valence electrons. The molecule has 0 saturated heterocycles. The van der Waals surface area contributed by atoms with Gasteiger partial charge in [0.15, 0.2) is 0 Å². The molecule has 3 amide bonds. The summed E-state index contributed by atoms with van der Waals surface area (Å²) >= 11 is 1.49. The molecule has 0 unspecified atom stereocenters. The highest BCUT2D eigenvalue weighted by atomic mass is 32.2. The molecule has 0 aromatic heterocycles. The summed E-state index contributed by atoms with van der Waals surface area (Å²) in [5.74, 6) is -1.28. The van der Waals surface area contributed by atoms with E-state index in [1.54, 1.807) is 36.4 Å². The maximum atomic E-state index is 12.9. The molecular formula is C25H24N4O4S. The van der Waals surface area contributed by atoms with Crippen LogP contribution in [0.1, 0.15) is 12.5 Å². The predicted molar refractivity (Wildman–Crippen MR) is 132 cm³/mol. The second kappa shape index (κ2) is 11.7. The molecule has 0 spiro atoms. The first-order chi connectivity index (χ1) is 16.4. The fourth-order valence-electron chi connectivity index (χ4n) is 3.02.